The molecule has 7 heteroatoms. The molecule has 3 aromatic rings. The molecule has 27 heavy (non-hydrogen) atoms. The number of amides is 1. The van der Waals surface area contributed by atoms with Crippen LogP contribution in [-0.4, -0.2) is 44.7 Å². The van der Waals surface area contributed by atoms with Gasteiger partial charge >= 0.3 is 0 Å². The molecule has 4 rings (SSSR count). The maximum absolute atomic E-state index is 13.6. The number of thiophene rings is 1. The van der Waals surface area contributed by atoms with E-state index < -0.39 is 0 Å². The number of hydrogen-bond acceptors (Lipinski definition) is 5. The number of rotatable bonds is 3. The number of likely N-dealkylation sites (tertiary alicyclic amines) is 1. The van der Waals surface area contributed by atoms with Crippen molar-refractivity contribution in [2.45, 2.75) is 32.7 Å². The van der Waals surface area contributed by atoms with Crippen molar-refractivity contribution in [1.82, 2.24) is 19.7 Å². The molecule has 2 unspecified atom stereocenters. The Hall–Kier alpha value is -2.25. The lowest BCUT2D eigenvalue weighted by molar-refractivity contribution is 0.0575. The fourth-order valence-electron chi connectivity index (χ4n) is 4.06. The van der Waals surface area contributed by atoms with E-state index in [-0.39, 0.29) is 11.9 Å². The first-order valence-electron chi connectivity index (χ1n) is 9.38. The monoisotopic (exact) mass is 383 g/mol. The molecule has 6 nitrogen and oxygen atoms in total. The molecule has 0 radical (unpaired) electrons. The largest absolute Gasteiger partial charge is 0.334 e. The normalized spacial score (nSPS) is 20.4. The third kappa shape index (κ3) is 3.15. The SMILES string of the molecule is Cc1nn(C)c2nc(-c3cccs3)cc(C(=O)N3CCC(C)CC3CN)c12. The van der Waals surface area contributed by atoms with E-state index in [1.54, 1.807) is 16.0 Å². The van der Waals surface area contributed by atoms with Gasteiger partial charge in [0.15, 0.2) is 5.65 Å². The smallest absolute Gasteiger partial charge is 0.255 e. The van der Waals surface area contributed by atoms with Crippen LogP contribution < -0.4 is 5.73 Å². The Kier molecular flexibility index (Phi) is 4.74. The van der Waals surface area contributed by atoms with E-state index in [0.717, 1.165) is 46.7 Å². The van der Waals surface area contributed by atoms with E-state index in [0.29, 0.717) is 18.0 Å². The second-order valence-electron chi connectivity index (χ2n) is 7.46. The molecular weight excluding hydrogens is 358 g/mol. The first kappa shape index (κ1) is 18.1. The summed E-state index contributed by atoms with van der Waals surface area (Å²) in [7, 11) is 1.88. The number of piperidine rings is 1. The summed E-state index contributed by atoms with van der Waals surface area (Å²) in [5.41, 5.74) is 9.08. The van der Waals surface area contributed by atoms with Crippen LogP contribution in [-0.2, 0) is 7.05 Å². The predicted octanol–water partition coefficient (Wildman–Crippen LogP) is 3.20. The molecular formula is C20H25N5OS. The highest BCUT2D eigenvalue weighted by molar-refractivity contribution is 7.13. The molecule has 2 N–H and O–H groups in total. The summed E-state index contributed by atoms with van der Waals surface area (Å²) >= 11 is 1.62. The summed E-state index contributed by atoms with van der Waals surface area (Å²) in [6.45, 7) is 5.41. The summed E-state index contributed by atoms with van der Waals surface area (Å²) in [6.07, 6.45) is 1.97. The van der Waals surface area contributed by atoms with Crippen molar-refractivity contribution < 1.29 is 4.79 Å². The first-order chi connectivity index (χ1) is 13.0. The lowest BCUT2D eigenvalue weighted by atomic mass is 9.91. The van der Waals surface area contributed by atoms with Crippen LogP contribution in [0.2, 0.25) is 0 Å². The molecule has 2 atom stereocenters. The molecule has 1 saturated heterocycles. The van der Waals surface area contributed by atoms with Crippen LogP contribution in [0.4, 0.5) is 0 Å². The number of pyridine rings is 1. The van der Waals surface area contributed by atoms with E-state index in [9.17, 15) is 4.79 Å². The van der Waals surface area contributed by atoms with Crippen molar-refractivity contribution in [3.05, 3.63) is 34.8 Å². The Labute approximate surface area is 163 Å². The highest BCUT2D eigenvalue weighted by Gasteiger charge is 2.31. The second kappa shape index (κ2) is 7.05. The lowest BCUT2D eigenvalue weighted by Crippen LogP contribution is -2.49. The fourth-order valence-corrected chi connectivity index (χ4v) is 4.75. The molecule has 1 amide bonds. The van der Waals surface area contributed by atoms with Crippen LogP contribution >= 0.6 is 11.3 Å². The van der Waals surface area contributed by atoms with Crippen molar-refractivity contribution in [1.29, 1.82) is 0 Å². The first-order valence-corrected chi connectivity index (χ1v) is 10.3. The van der Waals surface area contributed by atoms with Crippen molar-refractivity contribution in [3.8, 4) is 10.6 Å². The number of aryl methyl sites for hydroxylation is 2. The third-order valence-corrected chi connectivity index (χ3v) is 6.38. The van der Waals surface area contributed by atoms with Gasteiger partial charge in [0.25, 0.3) is 5.91 Å². The zero-order valence-corrected chi connectivity index (χ0v) is 16.8. The lowest BCUT2D eigenvalue weighted by Gasteiger charge is -2.38. The van der Waals surface area contributed by atoms with E-state index in [1.165, 1.54) is 0 Å². The number of carbonyl (C=O) groups excluding carboxylic acids is 1. The van der Waals surface area contributed by atoms with Crippen molar-refractivity contribution in [2.75, 3.05) is 13.1 Å². The third-order valence-electron chi connectivity index (χ3n) is 5.48. The zero-order chi connectivity index (χ0) is 19.1. The Morgan fingerprint density at radius 1 is 1.44 bits per heavy atom. The Bertz CT molecular complexity index is 978. The van der Waals surface area contributed by atoms with E-state index in [1.807, 2.05) is 42.5 Å². The van der Waals surface area contributed by atoms with Gasteiger partial charge in [-0.15, -0.1) is 11.3 Å². The van der Waals surface area contributed by atoms with Gasteiger partial charge in [-0.1, -0.05) is 13.0 Å². The molecule has 1 aliphatic heterocycles. The van der Waals surface area contributed by atoms with Gasteiger partial charge in [0.2, 0.25) is 0 Å². The topological polar surface area (TPSA) is 77.0 Å². The maximum atomic E-state index is 13.6. The van der Waals surface area contributed by atoms with Crippen LogP contribution in [0.3, 0.4) is 0 Å². The van der Waals surface area contributed by atoms with Crippen LogP contribution in [0.1, 0.15) is 35.8 Å². The minimum absolute atomic E-state index is 0.0404. The molecule has 0 saturated carbocycles. The highest BCUT2D eigenvalue weighted by atomic mass is 32.1. The quantitative estimate of drug-likeness (QED) is 0.753. The minimum Gasteiger partial charge on any atom is -0.334 e. The molecule has 0 aliphatic carbocycles. The van der Waals surface area contributed by atoms with E-state index >= 15 is 0 Å². The number of nitrogens with zero attached hydrogens (tertiary/aromatic N) is 4. The van der Waals surface area contributed by atoms with Gasteiger partial charge < -0.3 is 10.6 Å². The summed E-state index contributed by atoms with van der Waals surface area (Å²) in [6, 6.07) is 6.04. The Morgan fingerprint density at radius 3 is 2.96 bits per heavy atom. The zero-order valence-electron chi connectivity index (χ0n) is 16.0. The van der Waals surface area contributed by atoms with Gasteiger partial charge in [0, 0.05) is 26.2 Å². The van der Waals surface area contributed by atoms with Crippen molar-refractivity contribution >= 4 is 28.3 Å². The van der Waals surface area contributed by atoms with E-state index in [4.69, 9.17) is 10.7 Å². The van der Waals surface area contributed by atoms with Gasteiger partial charge in [-0.3, -0.25) is 9.48 Å². The number of nitrogens with two attached hydrogens (primary N) is 1. The predicted molar refractivity (Wildman–Crippen MR) is 109 cm³/mol. The summed E-state index contributed by atoms with van der Waals surface area (Å²) in [5, 5.41) is 7.38. The molecule has 0 aromatic carbocycles. The summed E-state index contributed by atoms with van der Waals surface area (Å²) < 4.78 is 1.76. The van der Waals surface area contributed by atoms with Crippen LogP contribution in [0.15, 0.2) is 23.6 Å². The number of carbonyl (C=O) groups is 1. The van der Waals surface area contributed by atoms with Crippen molar-refractivity contribution in [2.24, 2.45) is 18.7 Å². The Balaban J connectivity index is 1.85. The fraction of sp³-hybridized carbons (Fsp3) is 0.450. The summed E-state index contributed by atoms with van der Waals surface area (Å²) in [5.74, 6) is 0.639. The summed E-state index contributed by atoms with van der Waals surface area (Å²) in [4.78, 5) is 21.4. The molecule has 1 fully saturated rings. The second-order valence-corrected chi connectivity index (χ2v) is 8.41. The molecule has 0 spiro atoms. The molecule has 4 heterocycles. The number of fused-ring (bicyclic) bond motifs is 1. The number of hydrogen-bond donors (Lipinski definition) is 1. The molecule has 1 aliphatic rings. The van der Waals surface area contributed by atoms with Gasteiger partial charge in [-0.2, -0.15) is 5.10 Å². The van der Waals surface area contributed by atoms with Crippen molar-refractivity contribution in [3.63, 3.8) is 0 Å². The standard InChI is InChI=1S/C20H25N5OS/c1-12-6-7-25(14(9-12)11-21)20(26)15-10-16(17-5-4-8-27-17)22-19-18(15)13(2)23-24(19)3/h4-5,8,10,12,14H,6-7,9,11,21H2,1-3H3. The number of aromatic nitrogens is 3. The van der Waals surface area contributed by atoms with Crippen LogP contribution in [0.25, 0.3) is 21.6 Å². The average Bonchev–Trinajstić information content (AvgIpc) is 3.29. The van der Waals surface area contributed by atoms with Crippen LogP contribution in [0.5, 0.6) is 0 Å². The van der Waals surface area contributed by atoms with Gasteiger partial charge in [-0.25, -0.2) is 4.98 Å². The highest BCUT2D eigenvalue weighted by Crippen LogP contribution is 2.31. The van der Waals surface area contributed by atoms with Crippen LogP contribution in [0, 0.1) is 12.8 Å². The van der Waals surface area contributed by atoms with Gasteiger partial charge in [-0.05, 0) is 43.2 Å². The maximum Gasteiger partial charge on any atom is 0.255 e. The average molecular weight is 384 g/mol. The molecule has 0 bridgehead atoms. The van der Waals surface area contributed by atoms with Gasteiger partial charge in [0.05, 0.1) is 27.2 Å². The molecule has 3 aromatic heterocycles. The Morgan fingerprint density at radius 2 is 2.26 bits per heavy atom. The molecule has 142 valence electrons. The van der Waals surface area contributed by atoms with E-state index in [2.05, 4.69) is 12.0 Å². The van der Waals surface area contributed by atoms with Gasteiger partial charge in [0.1, 0.15) is 0 Å². The minimum atomic E-state index is 0.0404.